The van der Waals surface area contributed by atoms with Gasteiger partial charge < -0.3 is 14.2 Å². The summed E-state index contributed by atoms with van der Waals surface area (Å²) in [5, 5.41) is 3.01. The average Bonchev–Trinajstić information content (AvgIpc) is 3.32. The predicted molar refractivity (Wildman–Crippen MR) is 131 cm³/mol. The van der Waals surface area contributed by atoms with Crippen LogP contribution in [0.15, 0.2) is 53.9 Å². The zero-order valence-corrected chi connectivity index (χ0v) is 20.0. The number of benzene rings is 2. The van der Waals surface area contributed by atoms with Crippen LogP contribution in [-0.4, -0.2) is 49.8 Å². The SMILES string of the molecule is CCCCOCCOC(=O)CN1C(=O)COc2ccc(-c3csc(Cc4ccccc4)n3)cc21. The minimum atomic E-state index is -0.482. The minimum Gasteiger partial charge on any atom is -0.482 e. The Morgan fingerprint density at radius 1 is 1.15 bits per heavy atom. The molecule has 0 saturated carbocycles. The number of anilines is 1. The Morgan fingerprint density at radius 2 is 2.00 bits per heavy atom. The Hall–Kier alpha value is -3.23. The number of carbonyl (C=O) groups is 2. The average molecular weight is 481 g/mol. The molecule has 0 spiro atoms. The number of esters is 1. The second kappa shape index (κ2) is 11.8. The van der Waals surface area contributed by atoms with Crippen molar-refractivity contribution in [3.63, 3.8) is 0 Å². The highest BCUT2D eigenvalue weighted by molar-refractivity contribution is 7.10. The fourth-order valence-corrected chi connectivity index (χ4v) is 4.41. The third-order valence-electron chi connectivity index (χ3n) is 5.37. The smallest absolute Gasteiger partial charge is 0.326 e. The van der Waals surface area contributed by atoms with Crippen LogP contribution in [0.25, 0.3) is 11.3 Å². The van der Waals surface area contributed by atoms with E-state index in [1.807, 2.05) is 41.8 Å². The Labute approximate surface area is 203 Å². The van der Waals surface area contributed by atoms with E-state index in [0.717, 1.165) is 35.5 Å². The topological polar surface area (TPSA) is 78.0 Å². The Kier molecular flexibility index (Phi) is 8.27. The van der Waals surface area contributed by atoms with Crippen LogP contribution in [0.3, 0.4) is 0 Å². The summed E-state index contributed by atoms with van der Waals surface area (Å²) in [7, 11) is 0. The van der Waals surface area contributed by atoms with Crippen LogP contribution in [0.1, 0.15) is 30.3 Å². The molecule has 0 radical (unpaired) electrons. The summed E-state index contributed by atoms with van der Waals surface area (Å²) in [6.45, 7) is 2.96. The second-order valence-corrected chi connectivity index (χ2v) is 8.87. The maximum absolute atomic E-state index is 12.6. The summed E-state index contributed by atoms with van der Waals surface area (Å²) in [6.07, 6.45) is 2.79. The second-order valence-electron chi connectivity index (χ2n) is 7.93. The first-order valence-electron chi connectivity index (χ1n) is 11.4. The number of aromatic nitrogens is 1. The van der Waals surface area contributed by atoms with Crippen molar-refractivity contribution in [1.29, 1.82) is 0 Å². The lowest BCUT2D eigenvalue weighted by molar-refractivity contribution is -0.144. The molecule has 2 aromatic carbocycles. The van der Waals surface area contributed by atoms with Gasteiger partial charge in [0, 0.05) is 24.0 Å². The number of hydrogen-bond donors (Lipinski definition) is 0. The number of rotatable bonds is 11. The summed E-state index contributed by atoms with van der Waals surface area (Å²) in [5.41, 5.74) is 3.43. The molecule has 34 heavy (non-hydrogen) atoms. The van der Waals surface area contributed by atoms with Gasteiger partial charge in [-0.05, 0) is 30.2 Å². The largest absolute Gasteiger partial charge is 0.482 e. The van der Waals surface area contributed by atoms with Crippen LogP contribution < -0.4 is 9.64 Å². The fourth-order valence-electron chi connectivity index (χ4n) is 3.57. The lowest BCUT2D eigenvalue weighted by Crippen LogP contribution is -2.42. The van der Waals surface area contributed by atoms with Crippen molar-refractivity contribution < 1.29 is 23.8 Å². The van der Waals surface area contributed by atoms with Crippen molar-refractivity contribution in [3.05, 3.63) is 64.5 Å². The molecule has 3 aromatic rings. The number of unbranched alkanes of at least 4 members (excludes halogenated alkanes) is 1. The zero-order valence-electron chi connectivity index (χ0n) is 19.2. The fraction of sp³-hybridized carbons (Fsp3) is 0.346. The number of amides is 1. The molecule has 1 aliphatic heterocycles. The summed E-state index contributed by atoms with van der Waals surface area (Å²) in [5.74, 6) is -0.216. The molecule has 7 nitrogen and oxygen atoms in total. The maximum Gasteiger partial charge on any atom is 0.326 e. The number of carbonyl (C=O) groups excluding carboxylic acids is 2. The van der Waals surface area contributed by atoms with Gasteiger partial charge in [0.1, 0.15) is 18.9 Å². The lowest BCUT2D eigenvalue weighted by Gasteiger charge is -2.29. The molecule has 0 aliphatic carbocycles. The van der Waals surface area contributed by atoms with Gasteiger partial charge in [-0.3, -0.25) is 14.5 Å². The van der Waals surface area contributed by atoms with Crippen LogP contribution in [-0.2, 0) is 25.5 Å². The highest BCUT2D eigenvalue weighted by Crippen LogP contribution is 2.36. The Morgan fingerprint density at radius 3 is 2.82 bits per heavy atom. The van der Waals surface area contributed by atoms with Gasteiger partial charge >= 0.3 is 5.97 Å². The molecular weight excluding hydrogens is 452 g/mol. The predicted octanol–water partition coefficient (Wildman–Crippen LogP) is 4.49. The van der Waals surface area contributed by atoms with Gasteiger partial charge in [-0.25, -0.2) is 4.98 Å². The highest BCUT2D eigenvalue weighted by Gasteiger charge is 2.28. The number of thiazole rings is 1. The number of fused-ring (bicyclic) bond motifs is 1. The van der Waals surface area contributed by atoms with Crippen molar-refractivity contribution in [2.45, 2.75) is 26.2 Å². The van der Waals surface area contributed by atoms with Crippen LogP contribution in [0.2, 0.25) is 0 Å². The van der Waals surface area contributed by atoms with Gasteiger partial charge in [0.15, 0.2) is 6.61 Å². The normalized spacial score (nSPS) is 12.9. The molecule has 1 amide bonds. The molecule has 0 fully saturated rings. The van der Waals surface area contributed by atoms with Crippen molar-refractivity contribution in [1.82, 2.24) is 4.98 Å². The van der Waals surface area contributed by atoms with Crippen molar-refractivity contribution in [3.8, 4) is 17.0 Å². The van der Waals surface area contributed by atoms with E-state index in [9.17, 15) is 9.59 Å². The number of nitrogens with zero attached hydrogens (tertiary/aromatic N) is 2. The van der Waals surface area contributed by atoms with Crippen molar-refractivity contribution >= 4 is 28.9 Å². The number of hydrogen-bond acceptors (Lipinski definition) is 7. The van der Waals surface area contributed by atoms with Crippen molar-refractivity contribution in [2.24, 2.45) is 0 Å². The van der Waals surface area contributed by atoms with Crippen LogP contribution in [0.4, 0.5) is 5.69 Å². The molecule has 0 unspecified atom stereocenters. The Balaban J connectivity index is 1.43. The lowest BCUT2D eigenvalue weighted by atomic mass is 10.1. The monoisotopic (exact) mass is 480 g/mol. The van der Waals surface area contributed by atoms with Crippen LogP contribution in [0, 0.1) is 0 Å². The van der Waals surface area contributed by atoms with Gasteiger partial charge in [0.25, 0.3) is 5.91 Å². The zero-order chi connectivity index (χ0) is 23.8. The maximum atomic E-state index is 12.6. The van der Waals surface area contributed by atoms with E-state index in [0.29, 0.717) is 24.7 Å². The third kappa shape index (κ3) is 6.21. The van der Waals surface area contributed by atoms with E-state index in [-0.39, 0.29) is 25.7 Å². The van der Waals surface area contributed by atoms with E-state index in [1.165, 1.54) is 10.5 Å². The minimum absolute atomic E-state index is 0.113. The van der Waals surface area contributed by atoms with Gasteiger partial charge in [-0.15, -0.1) is 11.3 Å². The third-order valence-corrected chi connectivity index (χ3v) is 6.22. The van der Waals surface area contributed by atoms with Gasteiger partial charge in [0.2, 0.25) is 0 Å². The first-order chi connectivity index (χ1) is 16.6. The molecule has 8 heteroatoms. The molecule has 4 rings (SSSR count). The van der Waals surface area contributed by atoms with Crippen molar-refractivity contribution in [2.75, 3.05) is 37.9 Å². The summed E-state index contributed by atoms with van der Waals surface area (Å²) < 4.78 is 16.2. The van der Waals surface area contributed by atoms with E-state index in [4.69, 9.17) is 19.2 Å². The molecule has 1 aliphatic rings. The quantitative estimate of drug-likeness (QED) is 0.297. The van der Waals surface area contributed by atoms with Crippen LogP contribution >= 0.6 is 11.3 Å². The van der Waals surface area contributed by atoms with Gasteiger partial charge in [-0.1, -0.05) is 43.7 Å². The molecule has 2 heterocycles. The molecule has 1 aromatic heterocycles. The summed E-state index contributed by atoms with van der Waals surface area (Å²) in [4.78, 5) is 31.1. The molecule has 0 saturated heterocycles. The number of ether oxygens (including phenoxy) is 3. The highest BCUT2D eigenvalue weighted by atomic mass is 32.1. The first kappa shape index (κ1) is 23.9. The van der Waals surface area contributed by atoms with Gasteiger partial charge in [-0.2, -0.15) is 0 Å². The van der Waals surface area contributed by atoms with E-state index in [1.54, 1.807) is 11.3 Å². The standard InChI is InChI=1S/C26H28N2O5S/c1-2-3-11-31-12-13-32-26(30)16-28-22-15-20(9-10-23(22)33-17-25(28)29)21-18-34-24(27-21)14-19-7-5-4-6-8-19/h4-10,15,18H,2-3,11-14,16-17H2,1H3. The molecule has 0 bridgehead atoms. The first-order valence-corrected chi connectivity index (χ1v) is 12.3. The summed E-state index contributed by atoms with van der Waals surface area (Å²) in [6, 6.07) is 15.8. The Bertz CT molecular complexity index is 1120. The molecule has 0 N–H and O–H groups in total. The van der Waals surface area contributed by atoms with E-state index in [2.05, 4.69) is 19.1 Å². The molecule has 0 atom stereocenters. The molecular formula is C26H28N2O5S. The van der Waals surface area contributed by atoms with Crippen LogP contribution in [0.5, 0.6) is 5.75 Å². The molecule has 178 valence electrons. The van der Waals surface area contributed by atoms with Gasteiger partial charge in [0.05, 0.1) is 23.0 Å². The van der Waals surface area contributed by atoms with E-state index < -0.39 is 5.97 Å². The summed E-state index contributed by atoms with van der Waals surface area (Å²) >= 11 is 1.60. The van der Waals surface area contributed by atoms with E-state index >= 15 is 0 Å².